The zero-order valence-corrected chi connectivity index (χ0v) is 27.0. The molecule has 50 heavy (non-hydrogen) atoms. The Labute approximate surface area is 281 Å². The molecule has 0 aliphatic rings. The second-order valence-corrected chi connectivity index (χ2v) is 11.2. The molecule has 0 radical (unpaired) electrons. The Bertz CT molecular complexity index is 2620. The van der Waals surface area contributed by atoms with E-state index >= 15 is 0 Å². The van der Waals surface area contributed by atoms with Crippen molar-refractivity contribution < 1.29 is 27.8 Å². The van der Waals surface area contributed by atoms with Crippen LogP contribution < -0.4 is 9.47 Å². The number of aromatic nitrogens is 8. The highest BCUT2D eigenvalue weighted by Crippen LogP contribution is 2.28. The van der Waals surface area contributed by atoms with Crippen molar-refractivity contribution >= 4 is 55.7 Å². The number of carbonyl (C=O) groups excluding carboxylic acids is 2. The third-order valence-corrected chi connectivity index (χ3v) is 7.91. The Kier molecular flexibility index (Phi) is 8.11. The number of hydrogen-bond donors (Lipinski definition) is 0. The monoisotopic (exact) mass is 672 g/mol. The van der Waals surface area contributed by atoms with Crippen LogP contribution in [0.5, 0.6) is 11.5 Å². The molecular weight excluding hydrogens is 646 g/mol. The van der Waals surface area contributed by atoms with Gasteiger partial charge >= 0.3 is 0 Å². The number of methoxy groups -OCH3 is 2. The quantitative estimate of drug-likeness (QED) is 0.194. The zero-order chi connectivity index (χ0) is 35.1. The molecule has 0 aliphatic heterocycles. The Balaban J connectivity index is 0.000000157. The largest absolute Gasteiger partial charge is 0.494 e. The van der Waals surface area contributed by atoms with Gasteiger partial charge in [0.05, 0.1) is 77.3 Å². The van der Waals surface area contributed by atoms with Crippen LogP contribution in [0.4, 0.5) is 8.78 Å². The summed E-state index contributed by atoms with van der Waals surface area (Å²) in [5.74, 6) is -0.936. The molecule has 248 valence electrons. The summed E-state index contributed by atoms with van der Waals surface area (Å²) in [7, 11) is 2.83. The number of nitrogens with zero attached hydrogens (tertiary/aromatic N) is 8. The minimum absolute atomic E-state index is 0.171. The molecule has 4 heterocycles. The molecule has 0 N–H and O–H groups in total. The molecule has 4 aromatic heterocycles. The zero-order valence-electron chi connectivity index (χ0n) is 27.0. The van der Waals surface area contributed by atoms with Crippen LogP contribution in [0.1, 0.15) is 23.4 Å². The van der Waals surface area contributed by atoms with Crippen molar-refractivity contribution in [1.29, 1.82) is 0 Å². The molecule has 0 bridgehead atoms. The normalized spacial score (nSPS) is 11.2. The van der Waals surface area contributed by atoms with Gasteiger partial charge in [0.2, 0.25) is 11.8 Å². The molecule has 0 amide bonds. The molecule has 0 aliphatic carbocycles. The topological polar surface area (TPSA) is 140 Å². The molecule has 14 heteroatoms. The van der Waals surface area contributed by atoms with Gasteiger partial charge in [0, 0.05) is 41.9 Å². The Morgan fingerprint density at radius 1 is 0.640 bits per heavy atom. The lowest BCUT2D eigenvalue weighted by Gasteiger charge is -2.06. The molecule has 8 aromatic rings. The summed E-state index contributed by atoms with van der Waals surface area (Å²) < 4.78 is 40.3. The maximum absolute atomic E-state index is 13.9. The van der Waals surface area contributed by atoms with E-state index in [2.05, 4.69) is 30.1 Å². The van der Waals surface area contributed by atoms with E-state index in [-0.39, 0.29) is 23.3 Å². The number of carbonyl (C=O) groups is 2. The summed E-state index contributed by atoms with van der Waals surface area (Å²) in [5, 5.41) is 9.91. The van der Waals surface area contributed by atoms with E-state index in [0.29, 0.717) is 55.6 Å². The number of ether oxygens (including phenoxy) is 2. The Morgan fingerprint density at radius 2 is 1.20 bits per heavy atom. The van der Waals surface area contributed by atoms with Gasteiger partial charge in [-0.1, -0.05) is 0 Å². The van der Waals surface area contributed by atoms with Crippen molar-refractivity contribution in [3.63, 3.8) is 0 Å². The number of benzene rings is 4. The van der Waals surface area contributed by atoms with Crippen LogP contribution in [-0.4, -0.2) is 65.5 Å². The molecule has 8 rings (SSSR count). The highest BCUT2D eigenvalue weighted by atomic mass is 19.1. The van der Waals surface area contributed by atoms with Crippen molar-refractivity contribution in [3.05, 3.63) is 97.1 Å². The molecule has 0 saturated heterocycles. The summed E-state index contributed by atoms with van der Waals surface area (Å²) in [5.41, 5.74) is 6.14. The number of fused-ring (bicyclic) bond motifs is 4. The summed E-state index contributed by atoms with van der Waals surface area (Å²) in [4.78, 5) is 41.0. The fourth-order valence-electron chi connectivity index (χ4n) is 5.41. The summed E-state index contributed by atoms with van der Waals surface area (Å²) in [6.07, 6.45) is 6.45. The maximum Gasteiger partial charge on any atom is 0.244 e. The van der Waals surface area contributed by atoms with Crippen LogP contribution in [0.3, 0.4) is 0 Å². The minimum Gasteiger partial charge on any atom is -0.494 e. The maximum atomic E-state index is 13.9. The first-order chi connectivity index (χ1) is 24.1. The number of hydrogen-bond acceptors (Lipinski definition) is 10. The molecule has 0 saturated carbocycles. The number of halogens is 2. The summed E-state index contributed by atoms with van der Waals surface area (Å²) in [6, 6.07) is 16.4. The third-order valence-electron chi connectivity index (χ3n) is 7.91. The van der Waals surface area contributed by atoms with Crippen LogP contribution in [0, 0.1) is 11.6 Å². The number of rotatable bonds is 4. The van der Waals surface area contributed by atoms with Crippen molar-refractivity contribution in [3.8, 4) is 34.0 Å². The van der Waals surface area contributed by atoms with Crippen molar-refractivity contribution in [2.75, 3.05) is 14.2 Å². The van der Waals surface area contributed by atoms with Gasteiger partial charge in [-0.05, 0) is 60.7 Å². The van der Waals surface area contributed by atoms with Crippen LogP contribution in [-0.2, 0) is 0 Å². The van der Waals surface area contributed by atoms with E-state index in [0.717, 1.165) is 10.8 Å². The SMILES string of the molecule is COc1ccc(-c2cnc3cc4cn(C(C)=O)nc4cc3n2)cc1F.COc1ccc(-c2cnc3cc4cnn(C(C)=O)c4cc3n2)cc1F. The highest BCUT2D eigenvalue weighted by Gasteiger charge is 2.13. The van der Waals surface area contributed by atoms with Gasteiger partial charge in [-0.25, -0.2) is 28.1 Å². The van der Waals surface area contributed by atoms with Crippen LogP contribution >= 0.6 is 0 Å². The third kappa shape index (κ3) is 5.94. The lowest BCUT2D eigenvalue weighted by Crippen LogP contribution is -2.06. The van der Waals surface area contributed by atoms with Gasteiger partial charge in [0.15, 0.2) is 23.1 Å². The average Bonchev–Trinajstić information content (AvgIpc) is 3.73. The molecule has 0 spiro atoms. The Hall–Kier alpha value is -6.70. The van der Waals surface area contributed by atoms with Gasteiger partial charge in [0.1, 0.15) is 0 Å². The van der Waals surface area contributed by atoms with E-state index in [1.807, 2.05) is 12.1 Å². The molecule has 4 aromatic carbocycles. The highest BCUT2D eigenvalue weighted by molar-refractivity contribution is 5.98. The lowest BCUT2D eigenvalue weighted by atomic mass is 10.1. The average molecular weight is 673 g/mol. The first-order valence-corrected chi connectivity index (χ1v) is 15.1. The van der Waals surface area contributed by atoms with E-state index < -0.39 is 11.6 Å². The van der Waals surface area contributed by atoms with Gasteiger partial charge in [-0.3, -0.25) is 19.6 Å². The van der Waals surface area contributed by atoms with Crippen molar-refractivity contribution in [2.45, 2.75) is 13.8 Å². The van der Waals surface area contributed by atoms with E-state index in [9.17, 15) is 18.4 Å². The van der Waals surface area contributed by atoms with E-state index in [1.54, 1.807) is 61.2 Å². The second-order valence-electron chi connectivity index (χ2n) is 11.2. The Morgan fingerprint density at radius 3 is 1.72 bits per heavy atom. The van der Waals surface area contributed by atoms with Crippen LogP contribution in [0.25, 0.3) is 66.4 Å². The summed E-state index contributed by atoms with van der Waals surface area (Å²) >= 11 is 0. The molecule has 0 fully saturated rings. The smallest absolute Gasteiger partial charge is 0.244 e. The van der Waals surface area contributed by atoms with Gasteiger partial charge in [0.25, 0.3) is 0 Å². The van der Waals surface area contributed by atoms with Gasteiger partial charge < -0.3 is 9.47 Å². The van der Waals surface area contributed by atoms with Gasteiger partial charge in [-0.15, -0.1) is 0 Å². The van der Waals surface area contributed by atoms with Crippen molar-refractivity contribution in [2.24, 2.45) is 0 Å². The van der Waals surface area contributed by atoms with Crippen molar-refractivity contribution in [1.82, 2.24) is 39.5 Å². The summed E-state index contributed by atoms with van der Waals surface area (Å²) in [6.45, 7) is 2.89. The molecule has 12 nitrogen and oxygen atoms in total. The van der Waals surface area contributed by atoms with Crippen LogP contribution in [0.2, 0.25) is 0 Å². The predicted octanol–water partition coefficient (Wildman–Crippen LogP) is 6.91. The first kappa shape index (κ1) is 31.9. The molecular formula is C36H26F2N8O4. The lowest BCUT2D eigenvalue weighted by molar-refractivity contribution is 0.0915. The molecule has 0 unspecified atom stereocenters. The predicted molar refractivity (Wildman–Crippen MR) is 182 cm³/mol. The van der Waals surface area contributed by atoms with E-state index in [4.69, 9.17) is 9.47 Å². The molecule has 0 atom stereocenters. The fourth-order valence-corrected chi connectivity index (χ4v) is 5.41. The fraction of sp³-hybridized carbons (Fsp3) is 0.111. The van der Waals surface area contributed by atoms with Crippen LogP contribution in [0.15, 0.2) is 85.5 Å². The first-order valence-electron chi connectivity index (χ1n) is 15.1. The minimum atomic E-state index is -0.466. The second kappa shape index (κ2) is 12.7. The van der Waals surface area contributed by atoms with Gasteiger partial charge in [-0.2, -0.15) is 10.2 Å². The van der Waals surface area contributed by atoms with E-state index in [1.165, 1.54) is 49.6 Å². The standard InChI is InChI=1S/2C18H13FN4O2/c1-10(24)23-9-12-6-15-16(7-14(12)22-23)21-17(8-20-15)11-3-4-18(25-2)13(19)5-11;1-10(24)23-17-7-15-14(6-12(17)8-21-23)20-9-16(22-15)11-3-4-18(25-2)13(19)5-11/h2*3-9H,1-2H3.